The zero-order chi connectivity index (χ0) is 20.8. The number of benzene rings is 2. The van der Waals surface area contributed by atoms with Crippen molar-refractivity contribution in [2.75, 3.05) is 12.4 Å². The first-order valence-corrected chi connectivity index (χ1v) is 9.21. The average molecular weight is 390 g/mol. The third kappa shape index (κ3) is 4.95. The van der Waals surface area contributed by atoms with Crippen molar-refractivity contribution < 1.29 is 9.72 Å². The van der Waals surface area contributed by atoms with Gasteiger partial charge in [0.15, 0.2) is 0 Å². The Morgan fingerprint density at radius 1 is 1.14 bits per heavy atom. The molecule has 3 rings (SSSR count). The molecule has 1 atom stereocenters. The van der Waals surface area contributed by atoms with E-state index in [2.05, 4.69) is 15.6 Å². The van der Waals surface area contributed by atoms with Gasteiger partial charge in [-0.2, -0.15) is 0 Å². The molecule has 7 nitrogen and oxygen atoms in total. The quantitative estimate of drug-likeness (QED) is 0.468. The van der Waals surface area contributed by atoms with E-state index >= 15 is 0 Å². The molecule has 1 amide bonds. The summed E-state index contributed by atoms with van der Waals surface area (Å²) in [6, 6.07) is 17.9. The maximum absolute atomic E-state index is 11.8. The zero-order valence-corrected chi connectivity index (χ0v) is 16.3. The predicted molar refractivity (Wildman–Crippen MR) is 112 cm³/mol. The summed E-state index contributed by atoms with van der Waals surface area (Å²) in [5.74, 6) is -0.374. The number of hydrogen-bond donors (Lipinski definition) is 2. The van der Waals surface area contributed by atoms with Gasteiger partial charge in [0.2, 0.25) is 0 Å². The van der Waals surface area contributed by atoms with Crippen molar-refractivity contribution in [3.05, 3.63) is 99.4 Å². The molecule has 7 heteroatoms. The van der Waals surface area contributed by atoms with Gasteiger partial charge in [-0.1, -0.05) is 35.9 Å². The van der Waals surface area contributed by atoms with Crippen molar-refractivity contribution in [3.63, 3.8) is 0 Å². The van der Waals surface area contributed by atoms with Gasteiger partial charge in [0.25, 0.3) is 11.6 Å². The number of nitrogens with zero attached hydrogens (tertiary/aromatic N) is 2. The van der Waals surface area contributed by atoms with E-state index in [9.17, 15) is 14.9 Å². The first kappa shape index (κ1) is 20.0. The second-order valence-corrected chi connectivity index (χ2v) is 6.71. The van der Waals surface area contributed by atoms with Crippen LogP contribution in [-0.2, 0) is 6.42 Å². The second-order valence-electron chi connectivity index (χ2n) is 6.71. The Morgan fingerprint density at radius 2 is 1.90 bits per heavy atom. The number of carbonyl (C=O) groups excluding carboxylic acids is 1. The Balaban J connectivity index is 1.96. The molecule has 2 N–H and O–H groups in total. The molecule has 0 fully saturated rings. The molecular weight excluding hydrogens is 368 g/mol. The summed E-state index contributed by atoms with van der Waals surface area (Å²) in [7, 11) is 1.49. The summed E-state index contributed by atoms with van der Waals surface area (Å²) in [6.45, 7) is 2.02. The normalized spacial score (nSPS) is 11.5. The molecule has 1 unspecified atom stereocenters. The molecule has 0 spiro atoms. The molecule has 0 aliphatic rings. The third-order valence-electron chi connectivity index (χ3n) is 4.62. The lowest BCUT2D eigenvalue weighted by Gasteiger charge is -2.20. The number of rotatable bonds is 7. The molecule has 0 saturated heterocycles. The van der Waals surface area contributed by atoms with Gasteiger partial charge >= 0.3 is 0 Å². The van der Waals surface area contributed by atoms with Crippen LogP contribution in [0.25, 0.3) is 0 Å². The number of hydrogen-bond acceptors (Lipinski definition) is 5. The van der Waals surface area contributed by atoms with Crippen LogP contribution in [-0.4, -0.2) is 22.9 Å². The minimum atomic E-state index is -0.490. The van der Waals surface area contributed by atoms with Gasteiger partial charge in [-0.25, -0.2) is 0 Å². The third-order valence-corrected chi connectivity index (χ3v) is 4.62. The topological polar surface area (TPSA) is 97.2 Å². The molecule has 0 aliphatic heterocycles. The SMILES string of the molecule is CNC(=O)c1ccc(NC(Cc2ccc(C)cc2)c2ccccn2)c([N+](=O)[O-])c1. The van der Waals surface area contributed by atoms with Gasteiger partial charge in [0.1, 0.15) is 5.69 Å². The molecule has 0 radical (unpaired) electrons. The monoisotopic (exact) mass is 390 g/mol. The van der Waals surface area contributed by atoms with E-state index in [1.165, 1.54) is 13.1 Å². The number of aromatic nitrogens is 1. The number of nitro groups is 1. The number of carbonyl (C=O) groups is 1. The van der Waals surface area contributed by atoms with E-state index in [1.54, 1.807) is 18.3 Å². The van der Waals surface area contributed by atoms with Crippen molar-refractivity contribution in [2.45, 2.75) is 19.4 Å². The van der Waals surface area contributed by atoms with E-state index in [-0.39, 0.29) is 23.2 Å². The fraction of sp³-hybridized carbons (Fsp3) is 0.182. The number of aryl methyl sites for hydroxylation is 1. The van der Waals surface area contributed by atoms with Crippen LogP contribution in [0.3, 0.4) is 0 Å². The van der Waals surface area contributed by atoms with E-state index in [1.807, 2.05) is 49.4 Å². The van der Waals surface area contributed by atoms with Crippen LogP contribution in [0.2, 0.25) is 0 Å². The Kier molecular flexibility index (Phi) is 6.19. The number of anilines is 1. The largest absolute Gasteiger partial charge is 0.371 e. The summed E-state index contributed by atoms with van der Waals surface area (Å²) in [4.78, 5) is 27.4. The van der Waals surface area contributed by atoms with Crippen molar-refractivity contribution in [1.29, 1.82) is 0 Å². The number of amides is 1. The van der Waals surface area contributed by atoms with Gasteiger partial charge in [0, 0.05) is 24.9 Å². The second kappa shape index (κ2) is 8.97. The lowest BCUT2D eigenvalue weighted by Crippen LogP contribution is -2.19. The van der Waals surface area contributed by atoms with E-state index in [0.29, 0.717) is 12.1 Å². The van der Waals surface area contributed by atoms with Crippen molar-refractivity contribution in [1.82, 2.24) is 10.3 Å². The molecule has 29 heavy (non-hydrogen) atoms. The smallest absolute Gasteiger partial charge is 0.293 e. The summed E-state index contributed by atoms with van der Waals surface area (Å²) in [5.41, 5.74) is 3.44. The first-order valence-electron chi connectivity index (χ1n) is 9.21. The van der Waals surface area contributed by atoms with Crippen LogP contribution in [0.4, 0.5) is 11.4 Å². The molecule has 3 aromatic rings. The highest BCUT2D eigenvalue weighted by Gasteiger charge is 2.21. The minimum absolute atomic E-state index is 0.157. The van der Waals surface area contributed by atoms with Crippen LogP contribution < -0.4 is 10.6 Å². The molecule has 1 aromatic heterocycles. The lowest BCUT2D eigenvalue weighted by atomic mass is 10.0. The summed E-state index contributed by atoms with van der Waals surface area (Å²) < 4.78 is 0. The molecule has 1 heterocycles. The van der Waals surface area contributed by atoms with Crippen LogP contribution in [0.15, 0.2) is 66.9 Å². The van der Waals surface area contributed by atoms with E-state index < -0.39 is 4.92 Å². The average Bonchev–Trinajstić information content (AvgIpc) is 2.75. The predicted octanol–water partition coefficient (Wildman–Crippen LogP) is 4.05. The summed E-state index contributed by atoms with van der Waals surface area (Å²) in [5, 5.41) is 17.4. The van der Waals surface area contributed by atoms with Gasteiger partial charge < -0.3 is 10.6 Å². The van der Waals surface area contributed by atoms with Crippen molar-refractivity contribution in [2.24, 2.45) is 0 Å². The van der Waals surface area contributed by atoms with Gasteiger partial charge in [-0.3, -0.25) is 19.9 Å². The highest BCUT2D eigenvalue weighted by Crippen LogP contribution is 2.30. The number of nitro benzene ring substituents is 1. The highest BCUT2D eigenvalue weighted by atomic mass is 16.6. The van der Waals surface area contributed by atoms with E-state index in [0.717, 1.165) is 16.8 Å². The molecule has 2 aromatic carbocycles. The van der Waals surface area contributed by atoms with Crippen LogP contribution in [0.5, 0.6) is 0 Å². The lowest BCUT2D eigenvalue weighted by molar-refractivity contribution is -0.384. The van der Waals surface area contributed by atoms with E-state index in [4.69, 9.17) is 0 Å². The number of nitrogens with one attached hydrogen (secondary N) is 2. The zero-order valence-electron chi connectivity index (χ0n) is 16.3. The first-order chi connectivity index (χ1) is 14.0. The molecular formula is C22H22N4O3. The fourth-order valence-corrected chi connectivity index (χ4v) is 3.05. The highest BCUT2D eigenvalue weighted by molar-refractivity contribution is 5.95. The van der Waals surface area contributed by atoms with Gasteiger partial charge in [-0.15, -0.1) is 0 Å². The molecule has 0 saturated carbocycles. The van der Waals surface area contributed by atoms with Crippen molar-refractivity contribution in [3.8, 4) is 0 Å². The Morgan fingerprint density at radius 3 is 2.52 bits per heavy atom. The maximum Gasteiger partial charge on any atom is 0.293 e. The number of pyridine rings is 1. The summed E-state index contributed by atoms with van der Waals surface area (Å²) >= 11 is 0. The van der Waals surface area contributed by atoms with Gasteiger partial charge in [-0.05, 0) is 43.2 Å². The maximum atomic E-state index is 11.8. The summed E-state index contributed by atoms with van der Waals surface area (Å²) in [6.07, 6.45) is 2.30. The Hall–Kier alpha value is -3.74. The minimum Gasteiger partial charge on any atom is -0.371 e. The molecule has 0 aliphatic carbocycles. The molecule has 0 bridgehead atoms. The standard InChI is InChI=1S/C22H22N4O3/c1-15-6-8-16(9-7-15)13-20(18-5-3-4-12-24-18)25-19-11-10-17(22(27)23-2)14-21(19)26(28)29/h3-12,14,20,25H,13H2,1-2H3,(H,23,27). The molecule has 148 valence electrons. The Labute approximate surface area is 169 Å². The van der Waals surface area contributed by atoms with Crippen LogP contribution in [0.1, 0.15) is 33.2 Å². The van der Waals surface area contributed by atoms with Crippen LogP contribution >= 0.6 is 0 Å². The van der Waals surface area contributed by atoms with Crippen LogP contribution in [0, 0.1) is 17.0 Å². The fourth-order valence-electron chi connectivity index (χ4n) is 3.05. The Bertz CT molecular complexity index is 1000. The van der Waals surface area contributed by atoms with Crippen molar-refractivity contribution >= 4 is 17.3 Å². The van der Waals surface area contributed by atoms with Gasteiger partial charge in [0.05, 0.1) is 16.7 Å².